The van der Waals surface area contributed by atoms with Crippen LogP contribution in [0.1, 0.15) is 43.1 Å². The van der Waals surface area contributed by atoms with E-state index < -0.39 is 0 Å². The van der Waals surface area contributed by atoms with E-state index in [-0.39, 0.29) is 5.41 Å². The van der Waals surface area contributed by atoms with Gasteiger partial charge in [0.05, 0.1) is 17.4 Å². The van der Waals surface area contributed by atoms with Crippen LogP contribution < -0.4 is 5.32 Å². The quantitative estimate of drug-likeness (QED) is 0.774. The van der Waals surface area contributed by atoms with Crippen molar-refractivity contribution in [3.63, 3.8) is 0 Å². The first-order chi connectivity index (χ1) is 9.97. The van der Waals surface area contributed by atoms with Crippen LogP contribution in [0.2, 0.25) is 5.15 Å². The van der Waals surface area contributed by atoms with Gasteiger partial charge in [-0.05, 0) is 48.4 Å². The molecule has 1 unspecified atom stereocenters. The van der Waals surface area contributed by atoms with Gasteiger partial charge in [-0.3, -0.25) is 0 Å². The van der Waals surface area contributed by atoms with Crippen LogP contribution in [0.25, 0.3) is 0 Å². The predicted molar refractivity (Wildman–Crippen MR) is 88.9 cm³/mol. The second-order valence-corrected chi connectivity index (χ2v) is 6.92. The summed E-state index contributed by atoms with van der Waals surface area (Å²) >= 11 is 5.96. The van der Waals surface area contributed by atoms with E-state index in [2.05, 4.69) is 48.4 Å². The molecular weight excluding hydrogens is 280 g/mol. The van der Waals surface area contributed by atoms with E-state index in [4.69, 9.17) is 11.6 Å². The zero-order valence-electron chi connectivity index (χ0n) is 12.8. The molecule has 110 valence electrons. The van der Waals surface area contributed by atoms with Gasteiger partial charge in [0.2, 0.25) is 0 Å². The number of nitrogens with zero attached hydrogens (tertiary/aromatic N) is 1. The zero-order valence-corrected chi connectivity index (χ0v) is 13.5. The smallest absolute Gasteiger partial charge is 0.129 e. The zero-order chi connectivity index (χ0) is 15.0. The Hall–Kier alpha value is -1.54. The summed E-state index contributed by atoms with van der Waals surface area (Å²) in [7, 11) is 0. The Morgan fingerprint density at radius 1 is 1.19 bits per heavy atom. The molecule has 2 nitrogen and oxygen atoms in total. The first-order valence-electron chi connectivity index (χ1n) is 7.45. The fourth-order valence-electron chi connectivity index (χ4n) is 3.18. The van der Waals surface area contributed by atoms with Crippen LogP contribution in [0.15, 0.2) is 36.4 Å². The van der Waals surface area contributed by atoms with E-state index in [0.29, 0.717) is 11.2 Å². The fraction of sp³-hybridized carbons (Fsp3) is 0.389. The van der Waals surface area contributed by atoms with Gasteiger partial charge in [0, 0.05) is 0 Å². The lowest BCUT2D eigenvalue weighted by atomic mass is 9.70. The van der Waals surface area contributed by atoms with Gasteiger partial charge in [0.1, 0.15) is 5.15 Å². The molecule has 0 spiro atoms. The minimum atomic E-state index is 0.209. The van der Waals surface area contributed by atoms with Gasteiger partial charge in [0.15, 0.2) is 0 Å². The van der Waals surface area contributed by atoms with E-state index >= 15 is 0 Å². The number of fused-ring (bicyclic) bond motifs is 1. The molecular formula is C18H21ClN2. The number of pyridine rings is 1. The summed E-state index contributed by atoms with van der Waals surface area (Å²) in [6.45, 7) is 6.66. The van der Waals surface area contributed by atoms with Gasteiger partial charge >= 0.3 is 0 Å². The van der Waals surface area contributed by atoms with Crippen molar-refractivity contribution < 1.29 is 0 Å². The van der Waals surface area contributed by atoms with Crippen LogP contribution >= 0.6 is 11.6 Å². The molecule has 1 heterocycles. The lowest BCUT2D eigenvalue weighted by Gasteiger charge is -2.41. The molecule has 3 rings (SSSR count). The molecule has 0 saturated carbocycles. The number of aryl methyl sites for hydroxylation is 2. The van der Waals surface area contributed by atoms with Crippen LogP contribution in [-0.2, 0) is 6.42 Å². The Balaban J connectivity index is 1.99. The van der Waals surface area contributed by atoms with Gasteiger partial charge < -0.3 is 5.32 Å². The van der Waals surface area contributed by atoms with Gasteiger partial charge in [-0.25, -0.2) is 4.98 Å². The van der Waals surface area contributed by atoms with Crippen LogP contribution in [0.4, 0.5) is 5.69 Å². The molecule has 21 heavy (non-hydrogen) atoms. The third-order valence-electron chi connectivity index (χ3n) is 4.54. The summed E-state index contributed by atoms with van der Waals surface area (Å²) in [5, 5.41) is 4.24. The molecule has 0 amide bonds. The monoisotopic (exact) mass is 300 g/mol. The molecule has 0 bridgehead atoms. The van der Waals surface area contributed by atoms with Crippen molar-refractivity contribution in [2.24, 2.45) is 5.41 Å². The average molecular weight is 301 g/mol. The Morgan fingerprint density at radius 2 is 1.95 bits per heavy atom. The second kappa shape index (κ2) is 5.34. The molecule has 1 aromatic heterocycles. The summed E-state index contributed by atoms with van der Waals surface area (Å²) in [5.74, 6) is 0. The highest BCUT2D eigenvalue weighted by atomic mass is 35.5. The summed E-state index contributed by atoms with van der Waals surface area (Å²) in [5.41, 5.74) is 5.08. The molecule has 2 aromatic rings. The summed E-state index contributed by atoms with van der Waals surface area (Å²) in [6, 6.07) is 12.9. The van der Waals surface area contributed by atoms with Crippen molar-refractivity contribution >= 4 is 17.3 Å². The van der Waals surface area contributed by atoms with Crippen LogP contribution in [0.5, 0.6) is 0 Å². The number of rotatable bonds is 2. The maximum Gasteiger partial charge on any atom is 0.129 e. The van der Waals surface area contributed by atoms with Crippen molar-refractivity contribution in [2.75, 3.05) is 5.32 Å². The largest absolute Gasteiger partial charge is 0.376 e. The Morgan fingerprint density at radius 3 is 2.71 bits per heavy atom. The van der Waals surface area contributed by atoms with Crippen LogP contribution in [0, 0.1) is 12.3 Å². The van der Waals surface area contributed by atoms with Gasteiger partial charge in [-0.15, -0.1) is 0 Å². The van der Waals surface area contributed by atoms with E-state index in [0.717, 1.165) is 17.8 Å². The van der Waals surface area contributed by atoms with Crippen molar-refractivity contribution in [2.45, 2.75) is 39.7 Å². The molecule has 1 aliphatic carbocycles. The number of hydrogen-bond acceptors (Lipinski definition) is 2. The average Bonchev–Trinajstić information content (AvgIpc) is 2.44. The Labute approximate surface area is 131 Å². The third kappa shape index (κ3) is 2.77. The molecule has 1 aromatic carbocycles. The molecule has 1 N–H and O–H groups in total. The highest BCUT2D eigenvalue weighted by Crippen LogP contribution is 2.45. The first kappa shape index (κ1) is 14.4. The molecule has 0 fully saturated rings. The van der Waals surface area contributed by atoms with E-state index in [1.807, 2.05) is 19.1 Å². The van der Waals surface area contributed by atoms with E-state index in [9.17, 15) is 0 Å². The van der Waals surface area contributed by atoms with Gasteiger partial charge in [-0.1, -0.05) is 49.7 Å². The third-order valence-corrected chi connectivity index (χ3v) is 4.75. The fourth-order valence-corrected chi connectivity index (χ4v) is 3.37. The number of anilines is 1. The van der Waals surface area contributed by atoms with Crippen molar-refractivity contribution in [1.82, 2.24) is 4.98 Å². The van der Waals surface area contributed by atoms with E-state index in [1.165, 1.54) is 17.5 Å². The normalized spacial score (nSPS) is 19.9. The maximum absolute atomic E-state index is 5.96. The van der Waals surface area contributed by atoms with Crippen LogP contribution in [-0.4, -0.2) is 4.98 Å². The molecule has 0 radical (unpaired) electrons. The van der Waals surface area contributed by atoms with E-state index in [1.54, 1.807) is 0 Å². The maximum atomic E-state index is 5.96. The number of hydrogen-bond donors (Lipinski definition) is 1. The number of nitrogens with one attached hydrogen (secondary N) is 1. The summed E-state index contributed by atoms with van der Waals surface area (Å²) in [4.78, 5) is 4.35. The number of benzene rings is 1. The number of halogens is 1. The molecule has 0 aliphatic heterocycles. The summed E-state index contributed by atoms with van der Waals surface area (Å²) < 4.78 is 0. The van der Waals surface area contributed by atoms with Gasteiger partial charge in [0.25, 0.3) is 0 Å². The Bertz CT molecular complexity index is 664. The molecule has 1 aliphatic rings. The first-order valence-corrected chi connectivity index (χ1v) is 7.83. The number of aromatic nitrogens is 1. The second-order valence-electron chi connectivity index (χ2n) is 6.53. The van der Waals surface area contributed by atoms with Gasteiger partial charge in [-0.2, -0.15) is 0 Å². The lowest BCUT2D eigenvalue weighted by molar-refractivity contribution is 0.265. The lowest BCUT2D eigenvalue weighted by Crippen LogP contribution is -2.33. The van der Waals surface area contributed by atoms with Crippen molar-refractivity contribution in [3.8, 4) is 0 Å². The van der Waals surface area contributed by atoms with Crippen LogP contribution in [0.3, 0.4) is 0 Å². The minimum Gasteiger partial charge on any atom is -0.376 e. The minimum absolute atomic E-state index is 0.209. The Kier molecular flexibility index (Phi) is 3.66. The van der Waals surface area contributed by atoms with Crippen molar-refractivity contribution in [1.29, 1.82) is 0 Å². The predicted octanol–water partition coefficient (Wildman–Crippen LogP) is 5.17. The van der Waals surface area contributed by atoms with Crippen molar-refractivity contribution in [3.05, 3.63) is 58.4 Å². The molecule has 0 saturated heterocycles. The SMILES string of the molecule is Cc1nc(Cl)ccc1NC1c2ccccc2CCC1(C)C. The topological polar surface area (TPSA) is 24.9 Å². The molecule has 1 atom stereocenters. The standard InChI is InChI=1S/C18H21ClN2/c1-12-15(8-9-16(19)20-12)21-17-14-7-5-4-6-13(14)10-11-18(17,2)3/h4-9,17,21H,10-11H2,1-3H3. The highest BCUT2D eigenvalue weighted by Gasteiger charge is 2.35. The molecule has 3 heteroatoms. The summed E-state index contributed by atoms with van der Waals surface area (Å²) in [6.07, 6.45) is 2.33. The highest BCUT2D eigenvalue weighted by molar-refractivity contribution is 6.29.